The van der Waals surface area contributed by atoms with Crippen LogP contribution in [0.15, 0.2) is 70.3 Å². The summed E-state index contributed by atoms with van der Waals surface area (Å²) >= 11 is 1.93. The zero-order valence-electron chi connectivity index (χ0n) is 30.7. The first-order valence-corrected chi connectivity index (χ1v) is 18.8. The number of benzene rings is 3. The minimum Gasteiger partial charge on any atom is -0.512 e. The average molecular weight is 857 g/mol. The Morgan fingerprint density at radius 1 is 1.04 bits per heavy atom. The molecule has 1 aromatic heterocycles. The maximum Gasteiger partial charge on any atom is 0.164 e. The Balaban J connectivity index is 0.000000274. The van der Waals surface area contributed by atoms with Crippen molar-refractivity contribution in [3.63, 3.8) is 0 Å². The van der Waals surface area contributed by atoms with Crippen LogP contribution in [0.2, 0.25) is 0 Å². The predicted molar refractivity (Wildman–Crippen MR) is 202 cm³/mol. The molecule has 4 aromatic rings. The summed E-state index contributed by atoms with van der Waals surface area (Å²) in [6, 6.07) is 19.5. The Morgan fingerprint density at radius 3 is 2.35 bits per heavy atom. The number of aromatic nitrogens is 1. The minimum absolute atomic E-state index is 0. The van der Waals surface area contributed by atoms with Crippen molar-refractivity contribution in [2.75, 3.05) is 13.2 Å². The summed E-state index contributed by atoms with van der Waals surface area (Å²) in [5.74, 6) is 1.02. The Hall–Kier alpha value is -2.50. The molecule has 1 fully saturated rings. The van der Waals surface area contributed by atoms with Crippen LogP contribution in [0.5, 0.6) is 0 Å². The van der Waals surface area contributed by atoms with E-state index in [1.807, 2.05) is 52.6 Å². The number of allylic oxidation sites excluding steroid dienone is 2. The van der Waals surface area contributed by atoms with Crippen LogP contribution in [0.4, 0.5) is 0 Å². The molecule has 0 atom stereocenters. The summed E-state index contributed by atoms with van der Waals surface area (Å²) in [5.41, 5.74) is 5.02. The molecular formula is C43H54IrNO3S-. The fourth-order valence-corrected chi connectivity index (χ4v) is 8.27. The summed E-state index contributed by atoms with van der Waals surface area (Å²) in [6.45, 7) is 18.8. The van der Waals surface area contributed by atoms with E-state index in [4.69, 9.17) is 9.72 Å². The summed E-state index contributed by atoms with van der Waals surface area (Å²) in [7, 11) is 0. The molecule has 1 radical (unpaired) electrons. The van der Waals surface area contributed by atoms with Crippen molar-refractivity contribution in [1.29, 1.82) is 0 Å². The monoisotopic (exact) mass is 857 g/mol. The Labute approximate surface area is 312 Å². The number of ether oxygens (including phenoxy) is 1. The van der Waals surface area contributed by atoms with E-state index in [1.54, 1.807) is 0 Å². The SMILES string of the molecule is CC(C)(C)Cc1c2c([c-]c3ccccc13)-c1nccc3cc(C4CCOCC4)cc(c13)S2.CCC(CC)/C(O)=C/C(=O)C(C)(CC)CC.[Ir]. The van der Waals surface area contributed by atoms with Crippen molar-refractivity contribution < 1.29 is 34.7 Å². The molecule has 6 rings (SSSR count). The maximum absolute atomic E-state index is 12.0. The molecule has 3 heterocycles. The van der Waals surface area contributed by atoms with Gasteiger partial charge in [-0.05, 0) is 89.6 Å². The van der Waals surface area contributed by atoms with Gasteiger partial charge >= 0.3 is 0 Å². The van der Waals surface area contributed by atoms with Crippen molar-refractivity contribution >= 4 is 39.1 Å². The molecule has 0 saturated carbocycles. The zero-order chi connectivity index (χ0) is 34.6. The van der Waals surface area contributed by atoms with Gasteiger partial charge in [0, 0.05) is 67.5 Å². The number of aliphatic hydroxyl groups excluding tert-OH is 1. The van der Waals surface area contributed by atoms with E-state index < -0.39 is 0 Å². The molecule has 0 amide bonds. The number of ketones is 1. The van der Waals surface area contributed by atoms with Crippen molar-refractivity contribution in [3.8, 4) is 11.3 Å². The van der Waals surface area contributed by atoms with Crippen molar-refractivity contribution in [1.82, 2.24) is 4.98 Å². The Morgan fingerprint density at radius 2 is 1.71 bits per heavy atom. The number of carbonyl (C=O) groups is 1. The van der Waals surface area contributed by atoms with E-state index in [0.717, 1.165) is 63.9 Å². The van der Waals surface area contributed by atoms with Gasteiger partial charge in [0.2, 0.25) is 0 Å². The molecule has 0 bridgehead atoms. The fourth-order valence-electron chi connectivity index (χ4n) is 6.98. The van der Waals surface area contributed by atoms with Crippen LogP contribution in [0, 0.1) is 22.8 Å². The molecule has 6 heteroatoms. The molecule has 2 aliphatic rings. The molecule has 49 heavy (non-hydrogen) atoms. The van der Waals surface area contributed by atoms with Crippen LogP contribution >= 0.6 is 11.8 Å². The van der Waals surface area contributed by atoms with Crippen LogP contribution in [0.3, 0.4) is 0 Å². The fraction of sp³-hybridized carbons (Fsp3) is 0.488. The number of hydrogen-bond acceptors (Lipinski definition) is 5. The van der Waals surface area contributed by atoms with Gasteiger partial charge in [-0.1, -0.05) is 96.2 Å². The number of carbonyl (C=O) groups excluding carboxylic acids is 1. The number of pyridine rings is 1. The van der Waals surface area contributed by atoms with E-state index >= 15 is 0 Å². The maximum atomic E-state index is 12.0. The van der Waals surface area contributed by atoms with E-state index in [1.165, 1.54) is 54.1 Å². The van der Waals surface area contributed by atoms with Gasteiger partial charge in [-0.2, -0.15) is 0 Å². The van der Waals surface area contributed by atoms with Crippen molar-refractivity contribution in [2.45, 2.75) is 116 Å². The third-order valence-electron chi connectivity index (χ3n) is 10.5. The molecule has 0 spiro atoms. The number of fused-ring (bicyclic) bond motifs is 3. The zero-order valence-corrected chi connectivity index (χ0v) is 33.9. The van der Waals surface area contributed by atoms with Crippen LogP contribution in [-0.2, 0) is 36.1 Å². The van der Waals surface area contributed by atoms with E-state index in [2.05, 4.69) is 69.3 Å². The quantitative estimate of drug-likeness (QED) is 0.0909. The molecule has 0 unspecified atom stereocenters. The van der Waals surface area contributed by atoms with Crippen molar-refractivity contribution in [3.05, 3.63) is 77.7 Å². The summed E-state index contributed by atoms with van der Waals surface area (Å²) in [4.78, 5) is 19.6. The number of hydrogen-bond donors (Lipinski definition) is 1. The molecule has 1 N–H and O–H groups in total. The molecule has 1 saturated heterocycles. The number of nitrogens with zero attached hydrogens (tertiary/aromatic N) is 1. The van der Waals surface area contributed by atoms with E-state index in [-0.39, 0.29) is 48.4 Å². The molecule has 265 valence electrons. The number of aliphatic hydroxyl groups is 1. The Bertz CT molecular complexity index is 1790. The summed E-state index contributed by atoms with van der Waals surface area (Å²) in [6.07, 6.45) is 10.1. The third kappa shape index (κ3) is 8.70. The van der Waals surface area contributed by atoms with Crippen LogP contribution in [0.1, 0.15) is 111 Å². The van der Waals surface area contributed by atoms with Crippen molar-refractivity contribution in [2.24, 2.45) is 16.7 Å². The second kappa shape index (κ2) is 16.7. The van der Waals surface area contributed by atoms with Gasteiger partial charge in [-0.25, -0.2) is 0 Å². The van der Waals surface area contributed by atoms with Gasteiger partial charge in [-0.15, -0.1) is 29.3 Å². The van der Waals surface area contributed by atoms with E-state index in [0.29, 0.717) is 5.92 Å². The molecule has 4 nitrogen and oxygen atoms in total. The van der Waals surface area contributed by atoms with Gasteiger partial charge in [0.05, 0.1) is 5.76 Å². The van der Waals surface area contributed by atoms with Gasteiger partial charge in [0.1, 0.15) is 0 Å². The first-order valence-electron chi connectivity index (χ1n) is 18.0. The standard InChI is InChI=1S/C29H28NOS.C14H26O2.Ir/c1-29(2,3)17-24-22-7-5-4-6-19(22)15-23-27-26-20(8-11-30-27)14-21(16-25(26)32-28(23)24)18-9-12-31-13-10-18;1-6-11(7-2)12(15)10-13(16)14(5,8-3)9-4;/h4-8,11,14,16,18H,9-10,12-13,17H2,1-3H3;10-11,15H,6-9H2,1-5H3;/q-1;;/b;12-10-;. The molecule has 3 aromatic carbocycles. The van der Waals surface area contributed by atoms with Gasteiger partial charge in [-0.3, -0.25) is 9.78 Å². The largest absolute Gasteiger partial charge is 0.512 e. The summed E-state index contributed by atoms with van der Waals surface area (Å²) in [5, 5.41) is 15.0. The minimum atomic E-state index is -0.319. The van der Waals surface area contributed by atoms with Gasteiger partial charge in [0.15, 0.2) is 5.78 Å². The molecular weight excluding hydrogens is 803 g/mol. The predicted octanol–water partition coefficient (Wildman–Crippen LogP) is 12.1. The first kappa shape index (κ1) is 39.3. The number of rotatable bonds is 9. The molecule has 2 aliphatic heterocycles. The second-order valence-corrected chi connectivity index (χ2v) is 16.1. The van der Waals surface area contributed by atoms with E-state index in [9.17, 15) is 9.90 Å². The normalized spacial score (nSPS) is 15.1. The van der Waals surface area contributed by atoms with Gasteiger partial charge < -0.3 is 9.84 Å². The first-order chi connectivity index (χ1) is 22.9. The third-order valence-corrected chi connectivity index (χ3v) is 11.7. The Kier molecular flexibility index (Phi) is 13.4. The van der Waals surface area contributed by atoms with Crippen LogP contribution < -0.4 is 0 Å². The van der Waals surface area contributed by atoms with Crippen LogP contribution in [0.25, 0.3) is 32.8 Å². The van der Waals surface area contributed by atoms with Gasteiger partial charge in [0.25, 0.3) is 0 Å². The summed E-state index contributed by atoms with van der Waals surface area (Å²) < 4.78 is 5.63. The average Bonchev–Trinajstić information content (AvgIpc) is 3.09. The smallest absolute Gasteiger partial charge is 0.164 e. The topological polar surface area (TPSA) is 59.4 Å². The molecule has 0 aliphatic carbocycles. The second-order valence-electron chi connectivity index (χ2n) is 15.1. The van der Waals surface area contributed by atoms with Crippen LogP contribution in [-0.4, -0.2) is 29.1 Å².